The first-order chi connectivity index (χ1) is 14.5. The molecule has 0 unspecified atom stereocenters. The first kappa shape index (κ1) is 21.6. The van der Waals surface area contributed by atoms with E-state index in [-0.39, 0.29) is 24.2 Å². The van der Waals surface area contributed by atoms with Crippen LogP contribution in [0.15, 0.2) is 36.4 Å². The number of phenols is 1. The summed E-state index contributed by atoms with van der Waals surface area (Å²) >= 11 is 0. The lowest BCUT2D eigenvalue weighted by atomic mass is 10.1. The molecule has 30 heavy (non-hydrogen) atoms. The highest BCUT2D eigenvalue weighted by Gasteiger charge is 2.22. The number of carbonyl (C=O) groups excluding carboxylic acids is 2. The van der Waals surface area contributed by atoms with E-state index in [0.717, 1.165) is 11.1 Å². The number of benzene rings is 2. The number of nitrogens with one attached hydrogen (secondary N) is 2. The second-order valence-electron chi connectivity index (χ2n) is 7.44. The van der Waals surface area contributed by atoms with Crippen LogP contribution in [0, 0.1) is 6.92 Å². The Bertz CT molecular complexity index is 896. The molecular weight excluding hydrogens is 382 g/mol. The van der Waals surface area contributed by atoms with Gasteiger partial charge in [-0.25, -0.2) is 0 Å². The molecule has 0 fully saturated rings. The monoisotopic (exact) mass is 411 g/mol. The summed E-state index contributed by atoms with van der Waals surface area (Å²) in [6.45, 7) is 6.47. The van der Waals surface area contributed by atoms with Gasteiger partial charge in [-0.05, 0) is 37.1 Å². The van der Waals surface area contributed by atoms with Gasteiger partial charge in [0, 0.05) is 26.1 Å². The Morgan fingerprint density at radius 3 is 2.70 bits per heavy atom. The van der Waals surface area contributed by atoms with Crippen molar-refractivity contribution in [1.82, 2.24) is 10.2 Å². The molecule has 1 aliphatic heterocycles. The zero-order chi connectivity index (χ0) is 21.5. The number of ether oxygens (including phenoxy) is 1. The molecule has 7 heteroatoms. The van der Waals surface area contributed by atoms with Gasteiger partial charge < -0.3 is 25.4 Å². The van der Waals surface area contributed by atoms with Crippen molar-refractivity contribution in [2.24, 2.45) is 0 Å². The highest BCUT2D eigenvalue weighted by atomic mass is 16.5. The summed E-state index contributed by atoms with van der Waals surface area (Å²) in [4.78, 5) is 25.7. The zero-order valence-electron chi connectivity index (χ0n) is 17.5. The molecule has 0 aromatic heterocycles. The molecule has 3 rings (SSSR count). The fourth-order valence-electron chi connectivity index (χ4n) is 3.40. The molecule has 0 radical (unpaired) electrons. The van der Waals surface area contributed by atoms with E-state index in [4.69, 9.17) is 4.74 Å². The zero-order valence-corrected chi connectivity index (χ0v) is 17.5. The second-order valence-corrected chi connectivity index (χ2v) is 7.44. The van der Waals surface area contributed by atoms with Crippen LogP contribution >= 0.6 is 0 Å². The molecular formula is C23H29N3O4. The van der Waals surface area contributed by atoms with Gasteiger partial charge in [0.05, 0.1) is 0 Å². The van der Waals surface area contributed by atoms with Gasteiger partial charge in [0.1, 0.15) is 11.4 Å². The average molecular weight is 412 g/mol. The summed E-state index contributed by atoms with van der Waals surface area (Å²) in [5, 5.41) is 16.0. The van der Waals surface area contributed by atoms with Crippen LogP contribution in [-0.2, 0) is 22.6 Å². The number of hydrogen-bond donors (Lipinski definition) is 3. The van der Waals surface area contributed by atoms with Gasteiger partial charge in [0.15, 0.2) is 12.4 Å². The Kier molecular flexibility index (Phi) is 7.30. The largest absolute Gasteiger partial charge is 0.506 e. The maximum atomic E-state index is 12.3. The number of phenolic OH excluding ortho intramolecular Hbond substituents is 1. The standard InChI is InChI=1S/C23H29N3O4/c1-3-21(29)26(14-17-6-4-16(2)5-7-17)13-12-24-11-10-18-8-9-19(27)22-23(18)30-15-20(28)25-22/h4-9,24,27H,3,10-15H2,1-2H3,(H,25,28). The van der Waals surface area contributed by atoms with Gasteiger partial charge in [-0.1, -0.05) is 42.8 Å². The summed E-state index contributed by atoms with van der Waals surface area (Å²) < 4.78 is 5.51. The van der Waals surface area contributed by atoms with Crippen LogP contribution in [0.3, 0.4) is 0 Å². The minimum atomic E-state index is -0.276. The minimum absolute atomic E-state index is 0.000385. The van der Waals surface area contributed by atoms with E-state index in [1.807, 2.05) is 18.7 Å². The van der Waals surface area contributed by atoms with Gasteiger partial charge in [-0.3, -0.25) is 9.59 Å². The van der Waals surface area contributed by atoms with Crippen molar-refractivity contribution < 1.29 is 19.4 Å². The third-order valence-corrected chi connectivity index (χ3v) is 5.11. The lowest BCUT2D eigenvalue weighted by molar-refractivity contribution is -0.131. The Hall–Kier alpha value is -3.06. The summed E-state index contributed by atoms with van der Waals surface area (Å²) in [5.74, 6) is 0.384. The highest BCUT2D eigenvalue weighted by Crippen LogP contribution is 2.39. The molecule has 0 saturated carbocycles. The molecule has 2 aromatic rings. The smallest absolute Gasteiger partial charge is 0.262 e. The summed E-state index contributed by atoms with van der Waals surface area (Å²) in [6.07, 6.45) is 1.16. The van der Waals surface area contributed by atoms with E-state index in [1.165, 1.54) is 5.56 Å². The summed E-state index contributed by atoms with van der Waals surface area (Å²) in [7, 11) is 0. The lowest BCUT2D eigenvalue weighted by Crippen LogP contribution is -2.36. The van der Waals surface area contributed by atoms with E-state index in [0.29, 0.717) is 50.5 Å². The predicted octanol–water partition coefficient (Wildman–Crippen LogP) is 2.60. The normalized spacial score (nSPS) is 12.7. The molecule has 0 saturated heterocycles. The van der Waals surface area contributed by atoms with Crippen molar-refractivity contribution in [3.63, 3.8) is 0 Å². The molecule has 2 aromatic carbocycles. The summed E-state index contributed by atoms with van der Waals surface area (Å²) in [6, 6.07) is 11.6. The molecule has 0 spiro atoms. The topological polar surface area (TPSA) is 90.9 Å². The number of anilines is 1. The molecule has 2 amide bonds. The average Bonchev–Trinajstić information content (AvgIpc) is 2.75. The predicted molar refractivity (Wildman–Crippen MR) is 116 cm³/mol. The summed E-state index contributed by atoms with van der Waals surface area (Å²) in [5.41, 5.74) is 3.57. The fourth-order valence-corrected chi connectivity index (χ4v) is 3.40. The minimum Gasteiger partial charge on any atom is -0.506 e. The highest BCUT2D eigenvalue weighted by molar-refractivity contribution is 5.97. The maximum Gasteiger partial charge on any atom is 0.262 e. The van der Waals surface area contributed by atoms with Crippen molar-refractivity contribution in [2.45, 2.75) is 33.2 Å². The van der Waals surface area contributed by atoms with Crippen LogP contribution in [0.1, 0.15) is 30.0 Å². The number of carbonyl (C=O) groups is 2. The number of aromatic hydroxyl groups is 1. The van der Waals surface area contributed by atoms with Crippen molar-refractivity contribution in [2.75, 3.05) is 31.6 Å². The second kappa shape index (κ2) is 10.1. The van der Waals surface area contributed by atoms with Gasteiger partial charge in [0.25, 0.3) is 5.91 Å². The molecule has 1 heterocycles. The molecule has 0 bridgehead atoms. The number of amides is 2. The van der Waals surface area contributed by atoms with E-state index < -0.39 is 0 Å². The van der Waals surface area contributed by atoms with E-state index in [2.05, 4.69) is 34.9 Å². The van der Waals surface area contributed by atoms with Crippen molar-refractivity contribution in [3.8, 4) is 11.5 Å². The molecule has 0 aliphatic carbocycles. The van der Waals surface area contributed by atoms with Gasteiger partial charge in [0.2, 0.25) is 5.91 Å². The number of nitrogens with zero attached hydrogens (tertiary/aromatic N) is 1. The molecule has 7 nitrogen and oxygen atoms in total. The number of hydrogen-bond acceptors (Lipinski definition) is 5. The lowest BCUT2D eigenvalue weighted by Gasteiger charge is -2.23. The Morgan fingerprint density at radius 2 is 1.97 bits per heavy atom. The fraction of sp³-hybridized carbons (Fsp3) is 0.391. The van der Waals surface area contributed by atoms with E-state index >= 15 is 0 Å². The van der Waals surface area contributed by atoms with Crippen LogP contribution < -0.4 is 15.4 Å². The Morgan fingerprint density at radius 1 is 1.20 bits per heavy atom. The Balaban J connectivity index is 1.51. The van der Waals surface area contributed by atoms with Crippen molar-refractivity contribution >= 4 is 17.5 Å². The number of rotatable bonds is 9. The molecule has 160 valence electrons. The maximum absolute atomic E-state index is 12.3. The van der Waals surface area contributed by atoms with Gasteiger partial charge in [-0.15, -0.1) is 0 Å². The SMILES string of the molecule is CCC(=O)N(CCNCCc1ccc(O)c2c1OCC(=O)N2)Cc1ccc(C)cc1. The molecule has 1 aliphatic rings. The van der Waals surface area contributed by atoms with E-state index in [9.17, 15) is 14.7 Å². The number of aryl methyl sites for hydroxylation is 1. The third-order valence-electron chi connectivity index (χ3n) is 5.11. The van der Waals surface area contributed by atoms with Crippen molar-refractivity contribution in [1.29, 1.82) is 0 Å². The Labute approximate surface area is 177 Å². The van der Waals surface area contributed by atoms with Gasteiger partial charge >= 0.3 is 0 Å². The first-order valence-electron chi connectivity index (χ1n) is 10.3. The van der Waals surface area contributed by atoms with Crippen LogP contribution in [0.5, 0.6) is 11.5 Å². The van der Waals surface area contributed by atoms with Crippen molar-refractivity contribution in [3.05, 3.63) is 53.1 Å². The van der Waals surface area contributed by atoms with Crippen LogP contribution in [0.25, 0.3) is 0 Å². The molecule has 0 atom stereocenters. The number of fused-ring (bicyclic) bond motifs is 1. The van der Waals surface area contributed by atoms with E-state index in [1.54, 1.807) is 12.1 Å². The van der Waals surface area contributed by atoms with Crippen LogP contribution in [0.4, 0.5) is 5.69 Å². The molecule has 3 N–H and O–H groups in total. The van der Waals surface area contributed by atoms with Crippen LogP contribution in [0.2, 0.25) is 0 Å². The van der Waals surface area contributed by atoms with Crippen LogP contribution in [-0.4, -0.2) is 48.1 Å². The van der Waals surface area contributed by atoms with Gasteiger partial charge in [-0.2, -0.15) is 0 Å². The quantitative estimate of drug-likeness (QED) is 0.436. The third kappa shape index (κ3) is 5.51. The first-order valence-corrected chi connectivity index (χ1v) is 10.3.